The largest absolute Gasteiger partial charge is 0.467 e. The van der Waals surface area contributed by atoms with Gasteiger partial charge in [0.2, 0.25) is 5.95 Å². The van der Waals surface area contributed by atoms with Gasteiger partial charge in [-0.25, -0.2) is 13.8 Å². The van der Waals surface area contributed by atoms with E-state index in [-0.39, 0.29) is 17.5 Å². The maximum Gasteiger partial charge on any atom is 0.202 e. The van der Waals surface area contributed by atoms with Crippen molar-refractivity contribution in [2.24, 2.45) is 0 Å². The third-order valence-electron chi connectivity index (χ3n) is 3.08. The van der Waals surface area contributed by atoms with Gasteiger partial charge in [0, 0.05) is 12.1 Å². The molecular weight excluding hydrogens is 252 g/mol. The molecule has 3 rings (SSSR count). The van der Waals surface area contributed by atoms with Crippen LogP contribution in [0.15, 0.2) is 34.9 Å². The quantitative estimate of drug-likeness (QED) is 0.772. The third kappa shape index (κ3) is 1.76. The van der Waals surface area contributed by atoms with Crippen molar-refractivity contribution in [1.82, 2.24) is 9.55 Å². The number of furan rings is 1. The number of halogens is 2. The number of nitrogens with zero attached hydrogens (tertiary/aromatic N) is 2. The molecule has 0 fully saturated rings. The standard InChI is InChI=1S/C13H11F2N3O/c1-7(11-3-2-4-19-11)18-10-6-8(14)5-9(15)12(10)17-13(18)16/h2-7H,1H3,(H2,16,17). The number of anilines is 1. The van der Waals surface area contributed by atoms with Gasteiger partial charge in [0.15, 0.2) is 5.82 Å². The Balaban J connectivity index is 2.26. The first-order valence-corrected chi connectivity index (χ1v) is 5.74. The summed E-state index contributed by atoms with van der Waals surface area (Å²) in [4.78, 5) is 3.94. The monoisotopic (exact) mass is 263 g/mol. The third-order valence-corrected chi connectivity index (χ3v) is 3.08. The molecule has 0 saturated heterocycles. The highest BCUT2D eigenvalue weighted by Gasteiger charge is 2.20. The molecule has 2 N–H and O–H groups in total. The summed E-state index contributed by atoms with van der Waals surface area (Å²) >= 11 is 0. The maximum absolute atomic E-state index is 13.7. The predicted molar refractivity (Wildman–Crippen MR) is 66.6 cm³/mol. The van der Waals surface area contributed by atoms with Gasteiger partial charge in [0.05, 0.1) is 17.8 Å². The lowest BCUT2D eigenvalue weighted by Gasteiger charge is -2.13. The number of nitrogen functional groups attached to an aromatic ring is 1. The second-order valence-corrected chi connectivity index (χ2v) is 4.29. The molecule has 0 aliphatic rings. The smallest absolute Gasteiger partial charge is 0.202 e. The first kappa shape index (κ1) is 11.7. The van der Waals surface area contributed by atoms with Gasteiger partial charge in [-0.2, -0.15) is 0 Å². The van der Waals surface area contributed by atoms with Crippen LogP contribution in [0.2, 0.25) is 0 Å². The van der Waals surface area contributed by atoms with Crippen LogP contribution >= 0.6 is 0 Å². The number of hydrogen-bond acceptors (Lipinski definition) is 3. The van der Waals surface area contributed by atoms with Crippen LogP contribution in [0.1, 0.15) is 18.7 Å². The number of rotatable bonds is 2. The minimum absolute atomic E-state index is 0.0531. The average molecular weight is 263 g/mol. The first-order chi connectivity index (χ1) is 9.08. The van der Waals surface area contributed by atoms with Crippen LogP contribution in [-0.4, -0.2) is 9.55 Å². The van der Waals surface area contributed by atoms with Gasteiger partial charge in [-0.05, 0) is 19.1 Å². The van der Waals surface area contributed by atoms with Crippen LogP contribution in [0.5, 0.6) is 0 Å². The van der Waals surface area contributed by atoms with Crippen molar-refractivity contribution in [1.29, 1.82) is 0 Å². The van der Waals surface area contributed by atoms with E-state index < -0.39 is 11.6 Å². The lowest BCUT2D eigenvalue weighted by atomic mass is 10.2. The summed E-state index contributed by atoms with van der Waals surface area (Å²) in [5.74, 6) is -0.649. The topological polar surface area (TPSA) is 57.0 Å². The lowest BCUT2D eigenvalue weighted by Crippen LogP contribution is -2.09. The van der Waals surface area contributed by atoms with Crippen molar-refractivity contribution in [2.75, 3.05) is 5.73 Å². The van der Waals surface area contributed by atoms with E-state index in [0.717, 1.165) is 6.07 Å². The van der Waals surface area contributed by atoms with Crippen molar-refractivity contribution in [2.45, 2.75) is 13.0 Å². The Morgan fingerprint density at radius 3 is 2.84 bits per heavy atom. The molecule has 4 nitrogen and oxygen atoms in total. The van der Waals surface area contributed by atoms with E-state index in [4.69, 9.17) is 10.2 Å². The summed E-state index contributed by atoms with van der Waals surface area (Å²) in [5.41, 5.74) is 6.16. The maximum atomic E-state index is 13.7. The molecule has 0 amide bonds. The Labute approximate surface area is 107 Å². The molecule has 2 aromatic heterocycles. The molecule has 98 valence electrons. The van der Waals surface area contributed by atoms with Crippen molar-refractivity contribution < 1.29 is 13.2 Å². The van der Waals surface area contributed by atoms with Crippen molar-refractivity contribution >= 4 is 17.0 Å². The van der Waals surface area contributed by atoms with E-state index >= 15 is 0 Å². The fourth-order valence-electron chi connectivity index (χ4n) is 2.20. The Morgan fingerprint density at radius 1 is 1.37 bits per heavy atom. The van der Waals surface area contributed by atoms with Gasteiger partial charge >= 0.3 is 0 Å². The number of nitrogens with two attached hydrogens (primary N) is 1. The molecule has 0 aliphatic carbocycles. The number of fused-ring (bicyclic) bond motifs is 1. The molecular formula is C13H11F2N3O. The van der Waals surface area contributed by atoms with Crippen LogP contribution < -0.4 is 5.73 Å². The van der Waals surface area contributed by atoms with E-state index in [1.807, 2.05) is 6.92 Å². The zero-order chi connectivity index (χ0) is 13.6. The molecule has 1 aromatic carbocycles. The summed E-state index contributed by atoms with van der Waals surface area (Å²) in [5, 5.41) is 0. The predicted octanol–water partition coefficient (Wildman–Crippen LogP) is 3.10. The Bertz CT molecular complexity index is 734. The van der Waals surface area contributed by atoms with Crippen molar-refractivity contribution in [3.05, 3.63) is 47.9 Å². The zero-order valence-electron chi connectivity index (χ0n) is 10.1. The zero-order valence-corrected chi connectivity index (χ0v) is 10.1. The fraction of sp³-hybridized carbons (Fsp3) is 0.154. The van der Waals surface area contributed by atoms with E-state index in [1.165, 1.54) is 12.3 Å². The van der Waals surface area contributed by atoms with Crippen LogP contribution in [0.4, 0.5) is 14.7 Å². The van der Waals surface area contributed by atoms with Crippen molar-refractivity contribution in [3.8, 4) is 0 Å². The van der Waals surface area contributed by atoms with Crippen LogP contribution in [0, 0.1) is 11.6 Å². The molecule has 0 spiro atoms. The summed E-state index contributed by atoms with van der Waals surface area (Å²) in [6.07, 6.45) is 1.53. The highest BCUT2D eigenvalue weighted by Crippen LogP contribution is 2.29. The van der Waals surface area contributed by atoms with E-state index in [2.05, 4.69) is 4.98 Å². The Hall–Kier alpha value is -2.37. The second kappa shape index (κ2) is 4.08. The molecule has 1 atom stereocenters. The highest BCUT2D eigenvalue weighted by atomic mass is 19.1. The molecule has 1 unspecified atom stereocenters. The van der Waals surface area contributed by atoms with Gasteiger partial charge in [-0.3, -0.25) is 4.57 Å². The van der Waals surface area contributed by atoms with Crippen LogP contribution in [0.25, 0.3) is 11.0 Å². The molecule has 19 heavy (non-hydrogen) atoms. The molecule has 3 aromatic rings. The molecule has 0 bridgehead atoms. The minimum atomic E-state index is -0.730. The Kier molecular flexibility index (Phi) is 2.51. The van der Waals surface area contributed by atoms with E-state index in [1.54, 1.807) is 16.7 Å². The summed E-state index contributed by atoms with van der Waals surface area (Å²) in [6.45, 7) is 1.82. The van der Waals surface area contributed by atoms with Crippen molar-refractivity contribution in [3.63, 3.8) is 0 Å². The molecule has 2 heterocycles. The Morgan fingerprint density at radius 2 is 2.16 bits per heavy atom. The summed E-state index contributed by atoms with van der Waals surface area (Å²) in [7, 11) is 0. The number of aromatic nitrogens is 2. The highest BCUT2D eigenvalue weighted by molar-refractivity contribution is 5.79. The van der Waals surface area contributed by atoms with Gasteiger partial charge < -0.3 is 10.2 Å². The lowest BCUT2D eigenvalue weighted by molar-refractivity contribution is 0.453. The SMILES string of the molecule is CC(c1ccco1)n1c(N)nc2c(F)cc(F)cc21. The molecule has 0 radical (unpaired) electrons. The number of hydrogen-bond donors (Lipinski definition) is 1. The van der Waals surface area contributed by atoms with E-state index in [0.29, 0.717) is 11.3 Å². The summed E-state index contributed by atoms with van der Waals surface area (Å²) < 4.78 is 33.8. The van der Waals surface area contributed by atoms with Crippen LogP contribution in [0.3, 0.4) is 0 Å². The molecule has 6 heteroatoms. The summed E-state index contributed by atoms with van der Waals surface area (Å²) in [6, 6.07) is 5.20. The van der Waals surface area contributed by atoms with E-state index in [9.17, 15) is 8.78 Å². The molecule has 0 aliphatic heterocycles. The number of imidazole rings is 1. The van der Waals surface area contributed by atoms with Crippen LogP contribution in [-0.2, 0) is 0 Å². The fourth-order valence-corrected chi connectivity index (χ4v) is 2.20. The average Bonchev–Trinajstić information content (AvgIpc) is 2.95. The minimum Gasteiger partial charge on any atom is -0.467 e. The first-order valence-electron chi connectivity index (χ1n) is 5.74. The second-order valence-electron chi connectivity index (χ2n) is 4.29. The van der Waals surface area contributed by atoms with Gasteiger partial charge in [0.1, 0.15) is 17.1 Å². The van der Waals surface area contributed by atoms with Gasteiger partial charge in [-0.1, -0.05) is 0 Å². The number of benzene rings is 1. The van der Waals surface area contributed by atoms with Gasteiger partial charge in [-0.15, -0.1) is 0 Å². The molecule has 0 saturated carbocycles. The van der Waals surface area contributed by atoms with Gasteiger partial charge in [0.25, 0.3) is 0 Å². The normalized spacial score (nSPS) is 13.0.